The molecule has 2 heteroatoms. The van der Waals surface area contributed by atoms with Gasteiger partial charge in [0.1, 0.15) is 0 Å². The summed E-state index contributed by atoms with van der Waals surface area (Å²) >= 11 is 0. The molecule has 0 saturated carbocycles. The standard InChI is InChI=1S/C11H20O2/c1-8-5-6-10(9(2)7-8)11(12-3)13-4/h7,9-11H,5-6H2,1-4H3/t9-,10-/m1/s1. The second kappa shape index (κ2) is 4.77. The van der Waals surface area contributed by atoms with Crippen molar-refractivity contribution in [2.75, 3.05) is 14.2 Å². The first-order valence-corrected chi connectivity index (χ1v) is 4.92. The highest BCUT2D eigenvalue weighted by Crippen LogP contribution is 2.31. The summed E-state index contributed by atoms with van der Waals surface area (Å²) in [6, 6.07) is 0. The van der Waals surface area contributed by atoms with Gasteiger partial charge in [-0.1, -0.05) is 18.6 Å². The second-order valence-corrected chi connectivity index (χ2v) is 3.91. The van der Waals surface area contributed by atoms with Crippen LogP contribution < -0.4 is 0 Å². The van der Waals surface area contributed by atoms with Crippen molar-refractivity contribution in [3.05, 3.63) is 11.6 Å². The summed E-state index contributed by atoms with van der Waals surface area (Å²) in [6.07, 6.45) is 4.65. The van der Waals surface area contributed by atoms with Crippen molar-refractivity contribution in [2.24, 2.45) is 11.8 Å². The summed E-state index contributed by atoms with van der Waals surface area (Å²) in [4.78, 5) is 0. The maximum Gasteiger partial charge on any atom is 0.160 e. The van der Waals surface area contributed by atoms with Crippen molar-refractivity contribution < 1.29 is 9.47 Å². The molecule has 0 bridgehead atoms. The molecule has 0 aromatic heterocycles. The minimum absolute atomic E-state index is 0.0423. The topological polar surface area (TPSA) is 18.5 Å². The zero-order valence-electron chi connectivity index (χ0n) is 9.04. The Morgan fingerprint density at radius 2 is 2.00 bits per heavy atom. The van der Waals surface area contributed by atoms with Crippen molar-refractivity contribution in [1.82, 2.24) is 0 Å². The third kappa shape index (κ3) is 2.55. The van der Waals surface area contributed by atoms with Crippen LogP contribution in [0.25, 0.3) is 0 Å². The lowest BCUT2D eigenvalue weighted by Crippen LogP contribution is -2.31. The number of ether oxygens (including phenoxy) is 2. The third-order valence-corrected chi connectivity index (χ3v) is 2.91. The number of allylic oxidation sites excluding steroid dienone is 2. The van der Waals surface area contributed by atoms with Crippen molar-refractivity contribution in [2.45, 2.75) is 33.0 Å². The summed E-state index contributed by atoms with van der Waals surface area (Å²) in [5.74, 6) is 1.08. The maximum absolute atomic E-state index is 5.29. The van der Waals surface area contributed by atoms with Crippen LogP contribution in [0.15, 0.2) is 11.6 Å². The molecule has 0 heterocycles. The Bertz CT molecular complexity index is 183. The van der Waals surface area contributed by atoms with Gasteiger partial charge in [-0.3, -0.25) is 0 Å². The van der Waals surface area contributed by atoms with E-state index in [4.69, 9.17) is 9.47 Å². The Morgan fingerprint density at radius 3 is 2.46 bits per heavy atom. The molecule has 1 aliphatic carbocycles. The molecule has 0 spiro atoms. The van der Waals surface area contributed by atoms with Crippen LogP contribution >= 0.6 is 0 Å². The molecule has 0 aliphatic heterocycles. The molecule has 0 saturated heterocycles. The van der Waals surface area contributed by atoms with Crippen LogP contribution in [0.4, 0.5) is 0 Å². The smallest absolute Gasteiger partial charge is 0.160 e. The van der Waals surface area contributed by atoms with E-state index in [9.17, 15) is 0 Å². The lowest BCUT2D eigenvalue weighted by molar-refractivity contribution is -0.147. The molecule has 1 aliphatic rings. The molecule has 0 amide bonds. The van der Waals surface area contributed by atoms with Gasteiger partial charge in [-0.05, 0) is 25.7 Å². The van der Waals surface area contributed by atoms with Crippen LogP contribution in [-0.2, 0) is 9.47 Å². The predicted molar refractivity (Wildman–Crippen MR) is 53.5 cm³/mol. The fourth-order valence-electron chi connectivity index (χ4n) is 2.14. The van der Waals surface area contributed by atoms with Gasteiger partial charge in [0.2, 0.25) is 0 Å². The van der Waals surface area contributed by atoms with Gasteiger partial charge in [0.05, 0.1) is 0 Å². The number of hydrogen-bond acceptors (Lipinski definition) is 2. The monoisotopic (exact) mass is 184 g/mol. The molecule has 13 heavy (non-hydrogen) atoms. The molecule has 76 valence electrons. The first-order chi connectivity index (χ1) is 6.19. The summed E-state index contributed by atoms with van der Waals surface area (Å²) in [5, 5.41) is 0. The average Bonchev–Trinajstić information content (AvgIpc) is 2.10. The maximum atomic E-state index is 5.29. The van der Waals surface area contributed by atoms with E-state index in [1.807, 2.05) is 0 Å². The molecule has 0 fully saturated rings. The molecule has 1 rings (SSSR count). The molecule has 2 atom stereocenters. The summed E-state index contributed by atoms with van der Waals surface area (Å²) < 4.78 is 10.6. The van der Waals surface area contributed by atoms with E-state index in [1.54, 1.807) is 14.2 Å². The number of rotatable bonds is 3. The van der Waals surface area contributed by atoms with Crippen LogP contribution in [0, 0.1) is 11.8 Å². The van der Waals surface area contributed by atoms with E-state index in [1.165, 1.54) is 18.4 Å². The number of methoxy groups -OCH3 is 2. The Kier molecular flexibility index (Phi) is 3.94. The van der Waals surface area contributed by atoms with E-state index in [0.717, 1.165) is 0 Å². The van der Waals surface area contributed by atoms with Gasteiger partial charge in [-0.15, -0.1) is 0 Å². The SMILES string of the molecule is COC(OC)[C@@H]1CCC(C)=C[C@H]1C. The van der Waals surface area contributed by atoms with Crippen molar-refractivity contribution >= 4 is 0 Å². The van der Waals surface area contributed by atoms with E-state index in [2.05, 4.69) is 19.9 Å². The largest absolute Gasteiger partial charge is 0.356 e. The number of hydrogen-bond donors (Lipinski definition) is 0. The first kappa shape index (κ1) is 10.7. The lowest BCUT2D eigenvalue weighted by Gasteiger charge is -2.31. The zero-order chi connectivity index (χ0) is 9.84. The highest BCUT2D eigenvalue weighted by molar-refractivity contribution is 5.06. The minimum atomic E-state index is -0.0423. The van der Waals surface area contributed by atoms with Crippen LogP contribution in [0.2, 0.25) is 0 Å². The summed E-state index contributed by atoms with van der Waals surface area (Å²) in [5.41, 5.74) is 1.50. The summed E-state index contributed by atoms with van der Waals surface area (Å²) in [6.45, 7) is 4.43. The molecule has 2 nitrogen and oxygen atoms in total. The molecule has 0 unspecified atom stereocenters. The Labute approximate surface area is 80.9 Å². The average molecular weight is 184 g/mol. The lowest BCUT2D eigenvalue weighted by atomic mass is 9.82. The normalized spacial score (nSPS) is 29.2. The van der Waals surface area contributed by atoms with Gasteiger partial charge in [0.15, 0.2) is 6.29 Å². The van der Waals surface area contributed by atoms with Gasteiger partial charge in [-0.25, -0.2) is 0 Å². The third-order valence-electron chi connectivity index (χ3n) is 2.91. The van der Waals surface area contributed by atoms with Gasteiger partial charge < -0.3 is 9.47 Å². The van der Waals surface area contributed by atoms with Crippen molar-refractivity contribution in [3.8, 4) is 0 Å². The molecule has 0 aromatic rings. The van der Waals surface area contributed by atoms with Crippen LogP contribution in [0.3, 0.4) is 0 Å². The zero-order valence-corrected chi connectivity index (χ0v) is 9.04. The van der Waals surface area contributed by atoms with Crippen LogP contribution in [0.1, 0.15) is 26.7 Å². The van der Waals surface area contributed by atoms with Crippen molar-refractivity contribution in [3.63, 3.8) is 0 Å². The van der Waals surface area contributed by atoms with E-state index in [-0.39, 0.29) is 6.29 Å². The van der Waals surface area contributed by atoms with Gasteiger partial charge in [0.25, 0.3) is 0 Å². The van der Waals surface area contributed by atoms with E-state index in [0.29, 0.717) is 11.8 Å². The molecule has 0 radical (unpaired) electrons. The van der Waals surface area contributed by atoms with Crippen molar-refractivity contribution in [1.29, 1.82) is 0 Å². The molecular formula is C11H20O2. The quantitative estimate of drug-likeness (QED) is 0.496. The molecule has 0 N–H and O–H groups in total. The van der Waals surface area contributed by atoms with Crippen LogP contribution in [-0.4, -0.2) is 20.5 Å². The Balaban J connectivity index is 2.61. The van der Waals surface area contributed by atoms with Gasteiger partial charge >= 0.3 is 0 Å². The van der Waals surface area contributed by atoms with Gasteiger partial charge in [0, 0.05) is 20.1 Å². The molecular weight excluding hydrogens is 164 g/mol. The summed E-state index contributed by atoms with van der Waals surface area (Å²) in [7, 11) is 3.43. The predicted octanol–water partition coefficient (Wildman–Crippen LogP) is 2.60. The molecule has 0 aromatic carbocycles. The fraction of sp³-hybridized carbons (Fsp3) is 0.818. The van der Waals surface area contributed by atoms with E-state index < -0.39 is 0 Å². The highest BCUT2D eigenvalue weighted by Gasteiger charge is 2.27. The Hall–Kier alpha value is -0.340. The van der Waals surface area contributed by atoms with E-state index >= 15 is 0 Å². The minimum Gasteiger partial charge on any atom is -0.356 e. The fourth-order valence-corrected chi connectivity index (χ4v) is 2.14. The Morgan fingerprint density at radius 1 is 1.38 bits per heavy atom. The van der Waals surface area contributed by atoms with Gasteiger partial charge in [-0.2, -0.15) is 0 Å². The van der Waals surface area contributed by atoms with Crippen LogP contribution in [0.5, 0.6) is 0 Å². The first-order valence-electron chi connectivity index (χ1n) is 4.92. The highest BCUT2D eigenvalue weighted by atomic mass is 16.7. The second-order valence-electron chi connectivity index (χ2n) is 3.91.